The summed E-state index contributed by atoms with van der Waals surface area (Å²) in [4.78, 5) is 63.2. The zero-order chi connectivity index (χ0) is 41.0. The number of aromatic nitrogens is 2. The number of nitrogens with zero attached hydrogens (tertiary/aromatic N) is 3. The molecule has 14 heteroatoms. The van der Waals surface area contributed by atoms with Crippen LogP contribution in [-0.4, -0.2) is 86.4 Å². The van der Waals surface area contributed by atoms with Crippen LogP contribution in [0.15, 0.2) is 90.7 Å². The molecule has 0 aliphatic heterocycles. The number of benzene rings is 2. The molecule has 0 spiro atoms. The number of carboxylic acid groups (broad SMARTS) is 1. The van der Waals surface area contributed by atoms with Crippen LogP contribution in [0.1, 0.15) is 64.0 Å². The van der Waals surface area contributed by atoms with Crippen LogP contribution in [0.2, 0.25) is 0 Å². The fraction of sp³-hybridized carbons (Fsp3) is 0.429. The van der Waals surface area contributed by atoms with Gasteiger partial charge in [0.1, 0.15) is 18.7 Å². The molecule has 4 aromatic rings. The Morgan fingerprint density at radius 2 is 1.48 bits per heavy atom. The van der Waals surface area contributed by atoms with Gasteiger partial charge in [-0.1, -0.05) is 102 Å². The van der Waals surface area contributed by atoms with E-state index in [9.17, 15) is 29.4 Å². The maximum Gasteiger partial charge on any atom is 0.408 e. The Morgan fingerprint density at radius 1 is 0.821 bits per heavy atom. The number of hydrogen-bond donors (Lipinski definition) is 5. The topological polar surface area (TPSA) is 183 Å². The lowest BCUT2D eigenvalue weighted by molar-refractivity contribution is -0.130. The summed E-state index contributed by atoms with van der Waals surface area (Å²) in [7, 11) is 1.36. The van der Waals surface area contributed by atoms with Crippen LogP contribution in [0, 0.1) is 10.8 Å². The highest BCUT2D eigenvalue weighted by Gasteiger charge is 2.39. The average molecular weight is 787 g/mol. The lowest BCUT2D eigenvalue weighted by atomic mass is 9.84. The second-order valence-electron chi connectivity index (χ2n) is 16.1. The van der Waals surface area contributed by atoms with Crippen LogP contribution in [0.4, 0.5) is 9.59 Å². The first-order valence-electron chi connectivity index (χ1n) is 18.5. The number of nitrogens with one attached hydrogen (secondary N) is 3. The molecule has 2 heterocycles. The molecule has 2 aromatic carbocycles. The molecule has 2 aromatic heterocycles. The Morgan fingerprint density at radius 3 is 2.05 bits per heavy atom. The molecular formula is C42H54N6O7S. The number of rotatable bonds is 16. The largest absolute Gasteiger partial charge is 0.465 e. The number of likely N-dealkylation sites (N-methyl/N-ethyl adjacent to an activating group) is 1. The van der Waals surface area contributed by atoms with Crippen LogP contribution in [-0.2, 0) is 33.8 Å². The Bertz CT molecular complexity index is 1860. The highest BCUT2D eigenvalue weighted by atomic mass is 32.1. The number of thiazole rings is 1. The van der Waals surface area contributed by atoms with E-state index in [2.05, 4.69) is 25.9 Å². The van der Waals surface area contributed by atoms with Crippen molar-refractivity contribution in [3.05, 3.63) is 107 Å². The average Bonchev–Trinajstić information content (AvgIpc) is 3.66. The first-order valence-corrected chi connectivity index (χ1v) is 19.4. The number of alkyl carbamates (subject to hydrolysis) is 1. The van der Waals surface area contributed by atoms with Gasteiger partial charge in [-0.25, -0.2) is 9.59 Å². The van der Waals surface area contributed by atoms with Crippen LogP contribution in [0.3, 0.4) is 0 Å². The standard InChI is InChI=1S/C42H54N6O7S/c1-41(2,3)35(47-39(52)55-25-31-24-43-26-56-31)37(50)46-33(22-27-13-9-8-10-14-27)34(49)23-30(45-38(51)36(42(4,5)6)48(7)40(53)54)21-28-16-18-29(19-17-28)32-15-11-12-20-44-32/h8-20,24,26,30,33-36,49H,21-23,25H2,1-7H3,(H,45,51)(H,46,50)(H,47,52)(H,53,54)/t30?,33?,34?,35-,36?/m1/s1. The minimum atomic E-state index is -1.25. The van der Waals surface area contributed by atoms with Gasteiger partial charge >= 0.3 is 12.2 Å². The number of hydrogen-bond acceptors (Lipinski definition) is 9. The summed E-state index contributed by atoms with van der Waals surface area (Å²) < 4.78 is 5.37. The Labute approximate surface area is 332 Å². The zero-order valence-corrected chi connectivity index (χ0v) is 33.9. The Balaban J connectivity index is 1.61. The van der Waals surface area contributed by atoms with Gasteiger partial charge in [-0.15, -0.1) is 11.3 Å². The maximum atomic E-state index is 14.1. The smallest absolute Gasteiger partial charge is 0.408 e. The molecule has 56 heavy (non-hydrogen) atoms. The summed E-state index contributed by atoms with van der Waals surface area (Å²) in [5.74, 6) is -1.03. The van der Waals surface area contributed by atoms with Crippen molar-refractivity contribution < 1.29 is 34.1 Å². The molecule has 0 aliphatic rings. The van der Waals surface area contributed by atoms with E-state index in [1.807, 2.05) is 93.6 Å². The van der Waals surface area contributed by atoms with Crippen LogP contribution in [0.25, 0.3) is 11.3 Å². The van der Waals surface area contributed by atoms with E-state index in [4.69, 9.17) is 4.74 Å². The maximum absolute atomic E-state index is 14.1. The van der Waals surface area contributed by atoms with Crippen molar-refractivity contribution in [3.63, 3.8) is 0 Å². The minimum Gasteiger partial charge on any atom is -0.465 e. The zero-order valence-electron chi connectivity index (χ0n) is 33.1. The lowest BCUT2D eigenvalue weighted by Gasteiger charge is -2.37. The monoisotopic (exact) mass is 786 g/mol. The van der Waals surface area contributed by atoms with Crippen molar-refractivity contribution in [2.45, 2.75) is 97.7 Å². The number of carbonyl (C=O) groups excluding carboxylic acids is 3. The van der Waals surface area contributed by atoms with E-state index in [1.165, 1.54) is 18.4 Å². The molecule has 0 radical (unpaired) electrons. The predicted octanol–water partition coefficient (Wildman–Crippen LogP) is 6.08. The van der Waals surface area contributed by atoms with Crippen molar-refractivity contribution in [2.75, 3.05) is 7.05 Å². The van der Waals surface area contributed by atoms with Gasteiger partial charge < -0.3 is 30.9 Å². The normalized spacial score (nSPS) is 14.4. The molecule has 0 saturated carbocycles. The van der Waals surface area contributed by atoms with Gasteiger partial charge in [0.25, 0.3) is 0 Å². The number of ether oxygens (including phenoxy) is 1. The van der Waals surface area contributed by atoms with Gasteiger partial charge in [-0.2, -0.15) is 0 Å². The van der Waals surface area contributed by atoms with Gasteiger partial charge in [0.15, 0.2) is 0 Å². The van der Waals surface area contributed by atoms with Crippen LogP contribution in [0.5, 0.6) is 0 Å². The number of carbonyl (C=O) groups is 4. The van der Waals surface area contributed by atoms with E-state index in [0.717, 1.165) is 32.2 Å². The van der Waals surface area contributed by atoms with Crippen molar-refractivity contribution in [1.82, 2.24) is 30.8 Å². The molecule has 5 atom stereocenters. The van der Waals surface area contributed by atoms with Gasteiger partial charge in [-0.3, -0.25) is 24.5 Å². The second-order valence-corrected chi connectivity index (χ2v) is 17.0. The molecule has 0 fully saturated rings. The fourth-order valence-electron chi connectivity index (χ4n) is 6.52. The predicted molar refractivity (Wildman–Crippen MR) is 216 cm³/mol. The first kappa shape index (κ1) is 43.4. The van der Waals surface area contributed by atoms with Gasteiger partial charge in [0.2, 0.25) is 11.8 Å². The van der Waals surface area contributed by atoms with E-state index < -0.39 is 65.1 Å². The first-order chi connectivity index (χ1) is 26.4. The van der Waals surface area contributed by atoms with Crippen molar-refractivity contribution in [3.8, 4) is 11.3 Å². The van der Waals surface area contributed by atoms with E-state index in [0.29, 0.717) is 6.42 Å². The van der Waals surface area contributed by atoms with E-state index >= 15 is 0 Å². The number of amides is 4. The summed E-state index contributed by atoms with van der Waals surface area (Å²) in [5, 5.41) is 30.6. The lowest BCUT2D eigenvalue weighted by Crippen LogP contribution is -2.59. The summed E-state index contributed by atoms with van der Waals surface area (Å²) in [5.41, 5.74) is 3.55. The third kappa shape index (κ3) is 12.9. The second kappa shape index (κ2) is 19.5. The van der Waals surface area contributed by atoms with Crippen molar-refractivity contribution in [2.24, 2.45) is 10.8 Å². The quantitative estimate of drug-likeness (QED) is 0.0900. The Kier molecular flexibility index (Phi) is 15.1. The fourth-order valence-corrected chi connectivity index (χ4v) is 7.03. The molecule has 13 nitrogen and oxygen atoms in total. The van der Waals surface area contributed by atoms with E-state index in [1.54, 1.807) is 38.7 Å². The molecule has 300 valence electrons. The summed E-state index contributed by atoms with van der Waals surface area (Å²) in [6.07, 6.45) is 0.644. The summed E-state index contributed by atoms with van der Waals surface area (Å²) in [6, 6.07) is 19.2. The third-order valence-corrected chi connectivity index (χ3v) is 10.1. The third-order valence-electron chi connectivity index (χ3n) is 9.34. The highest BCUT2D eigenvalue weighted by molar-refractivity contribution is 7.09. The molecule has 4 amide bonds. The van der Waals surface area contributed by atoms with Gasteiger partial charge in [-0.05, 0) is 53.4 Å². The molecule has 4 unspecified atom stereocenters. The van der Waals surface area contributed by atoms with Crippen LogP contribution < -0.4 is 16.0 Å². The van der Waals surface area contributed by atoms with E-state index in [-0.39, 0.29) is 19.4 Å². The minimum absolute atomic E-state index is 0.00162. The van der Waals surface area contributed by atoms with Gasteiger partial charge in [0, 0.05) is 31.0 Å². The number of aliphatic hydroxyl groups excluding tert-OH is 1. The van der Waals surface area contributed by atoms with Crippen molar-refractivity contribution in [1.29, 1.82) is 0 Å². The molecule has 4 rings (SSSR count). The molecule has 5 N–H and O–H groups in total. The molecular weight excluding hydrogens is 733 g/mol. The molecule has 0 aliphatic carbocycles. The SMILES string of the molecule is CN(C(=O)O)C(C(=O)NC(Cc1ccc(-c2ccccn2)cc1)CC(O)C(Cc1ccccc1)NC(=O)[C@@H](NC(=O)OCc1cncs1)C(C)(C)C)C(C)(C)C. The highest BCUT2D eigenvalue weighted by Crippen LogP contribution is 2.26. The molecule has 0 bridgehead atoms. The Hall–Kier alpha value is -5.34. The van der Waals surface area contributed by atoms with Gasteiger partial charge in [0.05, 0.1) is 28.2 Å². The number of pyridine rings is 1. The summed E-state index contributed by atoms with van der Waals surface area (Å²) >= 11 is 1.34. The van der Waals surface area contributed by atoms with Crippen LogP contribution >= 0.6 is 11.3 Å². The number of aliphatic hydroxyl groups is 1. The summed E-state index contributed by atoms with van der Waals surface area (Å²) in [6.45, 7) is 10.8. The molecule has 0 saturated heterocycles. The van der Waals surface area contributed by atoms with Crippen molar-refractivity contribution >= 4 is 35.3 Å².